The maximum atomic E-state index is 5.85. The zero-order valence-electron chi connectivity index (χ0n) is 10.5. The van der Waals surface area contributed by atoms with E-state index in [1.54, 1.807) is 12.5 Å². The molecule has 0 saturated carbocycles. The Kier molecular flexibility index (Phi) is 8.19. The first-order valence-corrected chi connectivity index (χ1v) is 8.05. The maximum Gasteiger partial charge on any atom is 0.459 e. The molecule has 0 unspecified atom stereocenters. The number of hydrogen-bond donors (Lipinski definition) is 0. The summed E-state index contributed by atoms with van der Waals surface area (Å²) in [5.74, 6) is 0. The van der Waals surface area contributed by atoms with Crippen LogP contribution in [0, 0.1) is 0 Å². The topological polar surface area (TPSA) is 18.5 Å². The predicted octanol–water partition coefficient (Wildman–Crippen LogP) is 4.35. The molecule has 0 aliphatic heterocycles. The lowest BCUT2D eigenvalue weighted by atomic mass is 10.6. The Labute approximate surface area is 95.2 Å². The molecule has 0 fully saturated rings. The molecule has 0 radical (unpaired) electrons. The van der Waals surface area contributed by atoms with Crippen molar-refractivity contribution < 1.29 is 8.85 Å². The molecule has 0 aromatic rings. The first-order valence-electron chi connectivity index (χ1n) is 5.82. The van der Waals surface area contributed by atoms with Gasteiger partial charge in [0.2, 0.25) is 0 Å². The molecule has 0 amide bonds. The van der Waals surface area contributed by atoms with Crippen LogP contribution in [0.2, 0.25) is 12.1 Å². The van der Waals surface area contributed by atoms with Crippen LogP contribution >= 0.6 is 0 Å². The Morgan fingerprint density at radius 3 is 1.53 bits per heavy atom. The van der Waals surface area contributed by atoms with Gasteiger partial charge >= 0.3 is 8.56 Å². The molecule has 0 atom stereocenters. The quantitative estimate of drug-likeness (QED) is 0.454. The van der Waals surface area contributed by atoms with E-state index < -0.39 is 8.56 Å². The van der Waals surface area contributed by atoms with Gasteiger partial charge in [0.05, 0.1) is 12.5 Å². The van der Waals surface area contributed by atoms with Crippen molar-refractivity contribution in [2.45, 2.75) is 52.6 Å². The lowest BCUT2D eigenvalue weighted by Gasteiger charge is -2.27. The van der Waals surface area contributed by atoms with Crippen LogP contribution in [-0.2, 0) is 8.85 Å². The average molecular weight is 228 g/mol. The van der Waals surface area contributed by atoms with E-state index in [1.807, 2.05) is 26.0 Å². The molecule has 2 nitrogen and oxygen atoms in total. The molecule has 0 aliphatic carbocycles. The third-order valence-corrected chi connectivity index (χ3v) is 5.75. The molecule has 0 aromatic carbocycles. The van der Waals surface area contributed by atoms with Crippen LogP contribution in [0.25, 0.3) is 0 Å². The Morgan fingerprint density at radius 2 is 1.27 bits per heavy atom. The summed E-state index contributed by atoms with van der Waals surface area (Å²) >= 11 is 0. The lowest BCUT2D eigenvalue weighted by molar-refractivity contribution is 0.298. The SMILES string of the molecule is CC=CO[Si](CCC)(CCC)OC=CC. The minimum atomic E-state index is -2.01. The first kappa shape index (κ1) is 14.3. The van der Waals surface area contributed by atoms with Crippen LogP contribution in [0.15, 0.2) is 24.7 Å². The van der Waals surface area contributed by atoms with E-state index in [0.29, 0.717) is 0 Å². The standard InChI is InChI=1S/C12H24O2Si/c1-5-9-13-15(11-7-3,12-8-4)14-10-6-2/h5-6,9-10H,7-8,11-12H2,1-4H3. The molecule has 0 aromatic heterocycles. The van der Waals surface area contributed by atoms with Crippen LogP contribution in [0.3, 0.4) is 0 Å². The van der Waals surface area contributed by atoms with E-state index in [1.165, 1.54) is 0 Å². The minimum Gasteiger partial charge on any atom is -0.519 e. The Bertz CT molecular complexity index is 178. The van der Waals surface area contributed by atoms with Crippen molar-refractivity contribution in [2.75, 3.05) is 0 Å². The smallest absolute Gasteiger partial charge is 0.459 e. The largest absolute Gasteiger partial charge is 0.519 e. The fourth-order valence-electron chi connectivity index (χ4n) is 1.53. The summed E-state index contributed by atoms with van der Waals surface area (Å²) in [7, 11) is -2.01. The summed E-state index contributed by atoms with van der Waals surface area (Å²) in [6.45, 7) is 8.28. The highest BCUT2D eigenvalue weighted by atomic mass is 28.4. The first-order chi connectivity index (χ1) is 7.24. The highest BCUT2D eigenvalue weighted by Gasteiger charge is 2.37. The molecular formula is C12H24O2Si. The molecular weight excluding hydrogens is 204 g/mol. The zero-order valence-corrected chi connectivity index (χ0v) is 11.5. The summed E-state index contributed by atoms with van der Waals surface area (Å²) in [5.41, 5.74) is 0. The van der Waals surface area contributed by atoms with Gasteiger partial charge in [0.25, 0.3) is 0 Å². The maximum absolute atomic E-state index is 5.85. The number of rotatable bonds is 8. The van der Waals surface area contributed by atoms with Gasteiger partial charge in [-0.3, -0.25) is 0 Å². The van der Waals surface area contributed by atoms with Gasteiger partial charge in [-0.25, -0.2) is 0 Å². The van der Waals surface area contributed by atoms with Crippen LogP contribution in [-0.4, -0.2) is 8.56 Å². The predicted molar refractivity (Wildman–Crippen MR) is 67.7 cm³/mol. The average Bonchev–Trinajstić information content (AvgIpc) is 2.24. The van der Waals surface area contributed by atoms with E-state index in [-0.39, 0.29) is 0 Å². The molecule has 88 valence electrons. The molecule has 0 saturated heterocycles. The fraction of sp³-hybridized carbons (Fsp3) is 0.667. The zero-order chi connectivity index (χ0) is 11.6. The highest BCUT2D eigenvalue weighted by Crippen LogP contribution is 2.23. The van der Waals surface area contributed by atoms with Gasteiger partial charge in [-0.15, -0.1) is 0 Å². The van der Waals surface area contributed by atoms with Crippen LogP contribution in [0.5, 0.6) is 0 Å². The highest BCUT2D eigenvalue weighted by molar-refractivity contribution is 6.67. The summed E-state index contributed by atoms with van der Waals surface area (Å²) < 4.78 is 11.7. The van der Waals surface area contributed by atoms with Crippen LogP contribution < -0.4 is 0 Å². The second kappa shape index (κ2) is 8.59. The monoisotopic (exact) mass is 228 g/mol. The Balaban J connectivity index is 4.53. The molecule has 0 rings (SSSR count). The van der Waals surface area contributed by atoms with E-state index in [9.17, 15) is 0 Å². The van der Waals surface area contributed by atoms with Crippen molar-refractivity contribution in [1.82, 2.24) is 0 Å². The summed E-state index contributed by atoms with van der Waals surface area (Å²) in [4.78, 5) is 0. The molecule has 0 bridgehead atoms. The Hall–Kier alpha value is -0.703. The third-order valence-electron chi connectivity index (χ3n) is 2.10. The number of hydrogen-bond acceptors (Lipinski definition) is 2. The summed E-state index contributed by atoms with van der Waals surface area (Å²) in [6.07, 6.45) is 9.63. The van der Waals surface area contributed by atoms with Gasteiger partial charge in [0, 0.05) is 12.1 Å². The van der Waals surface area contributed by atoms with E-state index in [0.717, 1.165) is 24.9 Å². The molecule has 0 heterocycles. The molecule has 3 heteroatoms. The van der Waals surface area contributed by atoms with Crippen LogP contribution in [0.1, 0.15) is 40.5 Å². The fourth-order valence-corrected chi connectivity index (χ4v) is 4.60. The lowest BCUT2D eigenvalue weighted by Crippen LogP contribution is -2.38. The van der Waals surface area contributed by atoms with Crippen molar-refractivity contribution in [3.63, 3.8) is 0 Å². The third kappa shape index (κ3) is 5.67. The van der Waals surface area contributed by atoms with Gasteiger partial charge in [-0.05, 0) is 13.8 Å². The second-order valence-electron chi connectivity index (χ2n) is 3.59. The van der Waals surface area contributed by atoms with E-state index >= 15 is 0 Å². The normalized spacial score (nSPS) is 12.5. The van der Waals surface area contributed by atoms with Gasteiger partial charge in [-0.1, -0.05) is 38.8 Å². The van der Waals surface area contributed by atoms with Gasteiger partial charge in [0.15, 0.2) is 0 Å². The molecule has 0 spiro atoms. The van der Waals surface area contributed by atoms with Crippen molar-refractivity contribution in [3.8, 4) is 0 Å². The Morgan fingerprint density at radius 1 is 0.867 bits per heavy atom. The van der Waals surface area contributed by atoms with Crippen molar-refractivity contribution in [2.24, 2.45) is 0 Å². The molecule has 15 heavy (non-hydrogen) atoms. The second-order valence-corrected chi connectivity index (χ2v) is 6.88. The van der Waals surface area contributed by atoms with Gasteiger partial charge in [-0.2, -0.15) is 0 Å². The number of allylic oxidation sites excluding steroid dienone is 2. The van der Waals surface area contributed by atoms with E-state index in [2.05, 4.69) is 13.8 Å². The van der Waals surface area contributed by atoms with Crippen LogP contribution in [0.4, 0.5) is 0 Å². The summed E-state index contributed by atoms with van der Waals surface area (Å²) in [5, 5.41) is 0. The van der Waals surface area contributed by atoms with E-state index in [4.69, 9.17) is 8.85 Å². The van der Waals surface area contributed by atoms with Crippen molar-refractivity contribution in [1.29, 1.82) is 0 Å². The van der Waals surface area contributed by atoms with Crippen molar-refractivity contribution in [3.05, 3.63) is 24.7 Å². The van der Waals surface area contributed by atoms with Gasteiger partial charge < -0.3 is 8.85 Å². The minimum absolute atomic E-state index is 1.05. The van der Waals surface area contributed by atoms with Gasteiger partial charge in [0.1, 0.15) is 0 Å². The summed E-state index contributed by atoms with van der Waals surface area (Å²) in [6, 6.07) is 2.10. The molecule has 0 N–H and O–H groups in total. The molecule has 0 aliphatic rings. The van der Waals surface area contributed by atoms with Crippen molar-refractivity contribution >= 4 is 8.56 Å².